The van der Waals surface area contributed by atoms with Crippen LogP contribution in [0.2, 0.25) is 0 Å². The van der Waals surface area contributed by atoms with Crippen LogP contribution in [0.1, 0.15) is 12.5 Å². The maximum absolute atomic E-state index is 11.6. The molecular formula is C14H15N3O3. The number of carboxylic acid groups (broad SMARTS) is 1. The zero-order valence-corrected chi connectivity index (χ0v) is 11.0. The molecule has 1 amide bonds. The molecule has 20 heavy (non-hydrogen) atoms. The first-order chi connectivity index (χ1) is 9.56. The van der Waals surface area contributed by atoms with E-state index in [0.717, 1.165) is 5.56 Å². The third-order valence-corrected chi connectivity index (χ3v) is 2.89. The van der Waals surface area contributed by atoms with Crippen molar-refractivity contribution in [3.63, 3.8) is 0 Å². The summed E-state index contributed by atoms with van der Waals surface area (Å²) in [5.41, 5.74) is 1.62. The first kappa shape index (κ1) is 13.8. The zero-order valence-electron chi connectivity index (χ0n) is 11.0. The SMILES string of the molecule is CC(C(=O)O)C(=O)Nc1ccc(Cn2cccn2)cc1. The van der Waals surface area contributed by atoms with Crippen molar-refractivity contribution < 1.29 is 14.7 Å². The van der Waals surface area contributed by atoms with Gasteiger partial charge in [0.05, 0.1) is 6.54 Å². The molecule has 0 bridgehead atoms. The lowest BCUT2D eigenvalue weighted by Crippen LogP contribution is -2.26. The number of hydrogen-bond donors (Lipinski definition) is 2. The van der Waals surface area contributed by atoms with Crippen LogP contribution in [0.4, 0.5) is 5.69 Å². The molecule has 1 unspecified atom stereocenters. The summed E-state index contributed by atoms with van der Waals surface area (Å²) in [6.45, 7) is 2.00. The number of rotatable bonds is 5. The second-order valence-electron chi connectivity index (χ2n) is 4.45. The predicted octanol–water partition coefficient (Wildman–Crippen LogP) is 1.59. The van der Waals surface area contributed by atoms with Crippen molar-refractivity contribution in [2.45, 2.75) is 13.5 Å². The molecule has 2 aromatic rings. The van der Waals surface area contributed by atoms with Gasteiger partial charge in [0.15, 0.2) is 0 Å². The standard InChI is InChI=1S/C14H15N3O3/c1-10(14(19)20)13(18)16-12-5-3-11(4-6-12)9-17-8-2-7-15-17/h2-8,10H,9H2,1H3,(H,16,18)(H,19,20). The van der Waals surface area contributed by atoms with Crippen molar-refractivity contribution in [1.82, 2.24) is 9.78 Å². The fraction of sp³-hybridized carbons (Fsp3) is 0.214. The number of anilines is 1. The summed E-state index contributed by atoms with van der Waals surface area (Å²) in [4.78, 5) is 22.3. The molecule has 0 spiro atoms. The van der Waals surface area contributed by atoms with Crippen molar-refractivity contribution in [3.8, 4) is 0 Å². The highest BCUT2D eigenvalue weighted by Gasteiger charge is 2.20. The molecule has 6 heteroatoms. The molecule has 1 heterocycles. The molecule has 0 saturated heterocycles. The molecule has 2 N–H and O–H groups in total. The molecule has 1 aromatic carbocycles. The van der Waals surface area contributed by atoms with Crippen molar-refractivity contribution in [3.05, 3.63) is 48.3 Å². The third-order valence-electron chi connectivity index (χ3n) is 2.89. The van der Waals surface area contributed by atoms with Gasteiger partial charge in [-0.1, -0.05) is 12.1 Å². The van der Waals surface area contributed by atoms with Gasteiger partial charge in [-0.15, -0.1) is 0 Å². The summed E-state index contributed by atoms with van der Waals surface area (Å²) in [5.74, 6) is -2.74. The first-order valence-electron chi connectivity index (χ1n) is 6.16. The fourth-order valence-electron chi connectivity index (χ4n) is 1.64. The Labute approximate surface area is 116 Å². The minimum atomic E-state index is -1.14. The Kier molecular flexibility index (Phi) is 4.14. The van der Waals surface area contributed by atoms with Crippen LogP contribution in [-0.4, -0.2) is 26.8 Å². The number of carboxylic acids is 1. The molecule has 2 rings (SSSR count). The van der Waals surface area contributed by atoms with Gasteiger partial charge in [-0.25, -0.2) is 0 Å². The molecule has 0 aliphatic rings. The van der Waals surface area contributed by atoms with Gasteiger partial charge in [-0.3, -0.25) is 14.3 Å². The molecule has 0 radical (unpaired) electrons. The Balaban J connectivity index is 1.98. The Morgan fingerprint density at radius 3 is 2.60 bits per heavy atom. The van der Waals surface area contributed by atoms with Gasteiger partial charge < -0.3 is 10.4 Å². The van der Waals surface area contributed by atoms with Gasteiger partial charge in [0, 0.05) is 18.1 Å². The largest absolute Gasteiger partial charge is 0.481 e. The van der Waals surface area contributed by atoms with E-state index in [4.69, 9.17) is 5.11 Å². The Bertz CT molecular complexity index is 591. The smallest absolute Gasteiger partial charge is 0.315 e. The summed E-state index contributed by atoms with van der Waals surface area (Å²) in [5, 5.41) is 15.4. The number of benzene rings is 1. The van der Waals surface area contributed by atoms with Crippen molar-refractivity contribution in [2.75, 3.05) is 5.32 Å². The lowest BCUT2D eigenvalue weighted by atomic mass is 10.1. The monoisotopic (exact) mass is 273 g/mol. The second-order valence-corrected chi connectivity index (χ2v) is 4.45. The molecule has 0 aliphatic carbocycles. The van der Waals surface area contributed by atoms with Gasteiger partial charge in [-0.2, -0.15) is 5.10 Å². The summed E-state index contributed by atoms with van der Waals surface area (Å²) in [6.07, 6.45) is 3.58. The number of hydrogen-bond acceptors (Lipinski definition) is 3. The summed E-state index contributed by atoms with van der Waals surface area (Å²) in [7, 11) is 0. The molecule has 6 nitrogen and oxygen atoms in total. The molecule has 0 aliphatic heterocycles. The number of nitrogens with zero attached hydrogens (tertiary/aromatic N) is 2. The maximum Gasteiger partial charge on any atom is 0.315 e. The van der Waals surface area contributed by atoms with E-state index in [2.05, 4.69) is 10.4 Å². The molecule has 0 saturated carbocycles. The molecule has 1 aromatic heterocycles. The quantitative estimate of drug-likeness (QED) is 0.810. The van der Waals surface area contributed by atoms with Crippen LogP contribution in [0.3, 0.4) is 0 Å². The normalized spacial score (nSPS) is 11.8. The minimum absolute atomic E-state index is 0.530. The molecule has 1 atom stereocenters. The van der Waals surface area contributed by atoms with Gasteiger partial charge >= 0.3 is 5.97 Å². The van der Waals surface area contributed by atoms with E-state index in [0.29, 0.717) is 12.2 Å². The van der Waals surface area contributed by atoms with E-state index >= 15 is 0 Å². The number of aliphatic carboxylic acids is 1. The van der Waals surface area contributed by atoms with Crippen molar-refractivity contribution in [1.29, 1.82) is 0 Å². The summed E-state index contributed by atoms with van der Waals surface area (Å²) < 4.78 is 1.79. The van der Waals surface area contributed by atoms with E-state index in [1.807, 2.05) is 24.4 Å². The van der Waals surface area contributed by atoms with Gasteiger partial charge in [0.2, 0.25) is 5.91 Å². The van der Waals surface area contributed by atoms with Crippen LogP contribution < -0.4 is 5.32 Å². The zero-order chi connectivity index (χ0) is 14.5. The first-order valence-corrected chi connectivity index (χ1v) is 6.16. The van der Waals surface area contributed by atoms with Crippen LogP contribution in [0.5, 0.6) is 0 Å². The lowest BCUT2D eigenvalue weighted by molar-refractivity contribution is -0.144. The number of amides is 1. The van der Waals surface area contributed by atoms with Crippen LogP contribution in [0.15, 0.2) is 42.7 Å². The highest BCUT2D eigenvalue weighted by Crippen LogP contribution is 2.12. The highest BCUT2D eigenvalue weighted by atomic mass is 16.4. The van der Waals surface area contributed by atoms with E-state index in [9.17, 15) is 9.59 Å². The Hall–Kier alpha value is -2.63. The topological polar surface area (TPSA) is 84.2 Å². The molecule has 0 fully saturated rings. The maximum atomic E-state index is 11.6. The van der Waals surface area contributed by atoms with Crippen molar-refractivity contribution >= 4 is 17.6 Å². The summed E-state index contributed by atoms with van der Waals surface area (Å²) in [6, 6.07) is 9.06. The minimum Gasteiger partial charge on any atom is -0.481 e. The number of nitrogens with one attached hydrogen (secondary N) is 1. The number of carbonyl (C=O) groups excluding carboxylic acids is 1. The third kappa shape index (κ3) is 3.44. The highest BCUT2D eigenvalue weighted by molar-refractivity contribution is 6.03. The second kappa shape index (κ2) is 6.01. The Morgan fingerprint density at radius 1 is 1.35 bits per heavy atom. The Morgan fingerprint density at radius 2 is 2.05 bits per heavy atom. The van der Waals surface area contributed by atoms with Crippen LogP contribution in [0, 0.1) is 5.92 Å². The lowest BCUT2D eigenvalue weighted by Gasteiger charge is -2.09. The average molecular weight is 273 g/mol. The van der Waals surface area contributed by atoms with Crippen LogP contribution in [-0.2, 0) is 16.1 Å². The molecular weight excluding hydrogens is 258 g/mol. The number of carbonyl (C=O) groups is 2. The van der Waals surface area contributed by atoms with E-state index in [-0.39, 0.29) is 0 Å². The van der Waals surface area contributed by atoms with Crippen LogP contribution >= 0.6 is 0 Å². The van der Waals surface area contributed by atoms with E-state index < -0.39 is 17.8 Å². The van der Waals surface area contributed by atoms with Gasteiger partial charge in [0.1, 0.15) is 5.92 Å². The van der Waals surface area contributed by atoms with Crippen LogP contribution in [0.25, 0.3) is 0 Å². The predicted molar refractivity (Wildman–Crippen MR) is 73.2 cm³/mol. The molecule has 104 valence electrons. The van der Waals surface area contributed by atoms with Gasteiger partial charge in [-0.05, 0) is 30.7 Å². The van der Waals surface area contributed by atoms with E-state index in [1.54, 1.807) is 23.0 Å². The van der Waals surface area contributed by atoms with Crippen molar-refractivity contribution in [2.24, 2.45) is 5.92 Å². The summed E-state index contributed by atoms with van der Waals surface area (Å²) >= 11 is 0. The fourth-order valence-corrected chi connectivity index (χ4v) is 1.64. The average Bonchev–Trinajstić information content (AvgIpc) is 2.92. The van der Waals surface area contributed by atoms with Gasteiger partial charge in [0.25, 0.3) is 0 Å². The number of aromatic nitrogens is 2. The van der Waals surface area contributed by atoms with E-state index in [1.165, 1.54) is 6.92 Å².